The molecule has 0 unspecified atom stereocenters. The van der Waals surface area contributed by atoms with Gasteiger partial charge in [-0.2, -0.15) is 5.10 Å². The van der Waals surface area contributed by atoms with Gasteiger partial charge in [-0.25, -0.2) is 4.98 Å². The van der Waals surface area contributed by atoms with Crippen molar-refractivity contribution >= 4 is 31.7 Å². The lowest BCUT2D eigenvalue weighted by molar-refractivity contribution is -0.148. The number of ether oxygens (including phenoxy) is 1. The van der Waals surface area contributed by atoms with E-state index in [1.807, 2.05) is 39.0 Å². The zero-order valence-electron chi connectivity index (χ0n) is 20.6. The minimum atomic E-state index is -0.772. The Morgan fingerprint density at radius 2 is 2.03 bits per heavy atom. The van der Waals surface area contributed by atoms with Crippen LogP contribution in [0.3, 0.4) is 0 Å². The van der Waals surface area contributed by atoms with E-state index in [1.165, 1.54) is 12.1 Å². The normalized spacial score (nSPS) is 16.5. The number of carbonyl (C=O) groups excluding carboxylic acids is 2. The second-order valence-electron chi connectivity index (χ2n) is 9.79. The molecule has 1 aromatic carbocycles. The van der Waals surface area contributed by atoms with Crippen molar-refractivity contribution in [3.05, 3.63) is 47.5 Å². The van der Waals surface area contributed by atoms with E-state index in [-0.39, 0.29) is 26.7 Å². The number of amides is 1. The second-order valence-corrected chi connectivity index (χ2v) is 12.7. The Balaban J connectivity index is 1.67. The summed E-state index contributed by atoms with van der Waals surface area (Å²) in [5.41, 5.74) is 2.27. The molecule has 1 fully saturated rings. The Morgan fingerprint density at radius 3 is 2.68 bits per heavy atom. The van der Waals surface area contributed by atoms with Crippen LogP contribution < -0.4 is 5.32 Å². The molecule has 1 amide bonds. The highest BCUT2D eigenvalue weighted by Crippen LogP contribution is 2.36. The number of esters is 1. The topological polar surface area (TPSA) is 102 Å². The van der Waals surface area contributed by atoms with Crippen LogP contribution in [0.15, 0.2) is 30.5 Å². The largest absolute Gasteiger partial charge is 0.465 e. The van der Waals surface area contributed by atoms with Gasteiger partial charge >= 0.3 is 5.97 Å². The predicted octanol–water partition coefficient (Wildman–Crippen LogP) is 4.14. The molecule has 0 spiro atoms. The molecule has 3 aromatic rings. The molecule has 181 valence electrons. The maximum atomic E-state index is 13.1. The number of rotatable bonds is 7. The molecule has 1 aliphatic rings. The minimum absolute atomic E-state index is 0.151. The number of hydrogen-bond donors (Lipinski definition) is 2. The van der Waals surface area contributed by atoms with Crippen molar-refractivity contribution in [2.24, 2.45) is 13.0 Å². The number of aromatic nitrogens is 4. The first-order chi connectivity index (χ1) is 16.2. The zero-order chi connectivity index (χ0) is 24.5. The van der Waals surface area contributed by atoms with Gasteiger partial charge in [-0.05, 0) is 50.5 Å². The summed E-state index contributed by atoms with van der Waals surface area (Å²) < 4.78 is 6.86. The van der Waals surface area contributed by atoms with Gasteiger partial charge in [0.15, 0.2) is 0 Å². The Hall–Kier alpha value is -2.94. The molecule has 4 rings (SSSR count). The number of hydrogen-bond acceptors (Lipinski definition) is 5. The number of carbonyl (C=O) groups is 2. The van der Waals surface area contributed by atoms with E-state index < -0.39 is 5.41 Å². The quantitative estimate of drug-likeness (QED) is 0.391. The minimum Gasteiger partial charge on any atom is -0.465 e. The average Bonchev–Trinajstić information content (AvgIpc) is 3.43. The van der Waals surface area contributed by atoms with Crippen LogP contribution in [0.5, 0.6) is 0 Å². The van der Waals surface area contributed by atoms with E-state index in [2.05, 4.69) is 21.9 Å². The van der Waals surface area contributed by atoms with Crippen LogP contribution in [0.25, 0.3) is 11.0 Å². The van der Waals surface area contributed by atoms with Crippen molar-refractivity contribution in [1.82, 2.24) is 25.1 Å². The summed E-state index contributed by atoms with van der Waals surface area (Å²) in [7, 11) is 1.49. The number of fused-ring (bicyclic) bond motifs is 1. The molecule has 3 heterocycles. The van der Waals surface area contributed by atoms with Gasteiger partial charge in [0.05, 0.1) is 29.1 Å². The summed E-state index contributed by atoms with van der Waals surface area (Å²) in [5.74, 6) is 0.673. The van der Waals surface area contributed by atoms with Crippen LogP contribution in [0.4, 0.5) is 0 Å². The first-order valence-corrected chi connectivity index (χ1v) is 14.4. The Kier molecular flexibility index (Phi) is 6.93. The molecule has 1 radical (unpaired) electrons. The van der Waals surface area contributed by atoms with E-state index in [9.17, 15) is 9.59 Å². The number of aromatic amines is 1. The SMILES string of the molecule is CCOC(=O)C(C)(C)c1ccc2nc([C@@H](NC(=O)c3ccnn3C)C3CC[Si](C)CC3)[nH]c2c1. The van der Waals surface area contributed by atoms with Gasteiger partial charge in [0.25, 0.3) is 5.91 Å². The summed E-state index contributed by atoms with van der Waals surface area (Å²) in [5, 5.41) is 7.38. The lowest BCUT2D eigenvalue weighted by Gasteiger charge is -2.31. The fourth-order valence-electron chi connectivity index (χ4n) is 4.68. The van der Waals surface area contributed by atoms with E-state index >= 15 is 0 Å². The van der Waals surface area contributed by atoms with Gasteiger partial charge in [0.2, 0.25) is 0 Å². The molecule has 2 aromatic heterocycles. The summed E-state index contributed by atoms with van der Waals surface area (Å²) in [4.78, 5) is 33.9. The molecule has 34 heavy (non-hydrogen) atoms. The van der Waals surface area contributed by atoms with Gasteiger partial charge < -0.3 is 15.0 Å². The molecular weight excluding hydrogens is 446 g/mol. The van der Waals surface area contributed by atoms with Crippen molar-refractivity contribution in [3.8, 4) is 0 Å². The molecule has 1 aliphatic heterocycles. The Morgan fingerprint density at radius 1 is 1.29 bits per heavy atom. The molecule has 2 N–H and O–H groups in total. The lowest BCUT2D eigenvalue weighted by atomic mass is 9.84. The third kappa shape index (κ3) is 4.80. The Labute approximate surface area is 202 Å². The predicted molar refractivity (Wildman–Crippen MR) is 133 cm³/mol. The van der Waals surface area contributed by atoms with E-state index in [0.717, 1.165) is 35.3 Å². The monoisotopic (exact) mass is 480 g/mol. The molecule has 9 heteroatoms. The van der Waals surface area contributed by atoms with Gasteiger partial charge in [0, 0.05) is 22.0 Å². The van der Waals surface area contributed by atoms with Gasteiger partial charge in [-0.15, -0.1) is 0 Å². The smallest absolute Gasteiger partial charge is 0.315 e. The van der Waals surface area contributed by atoms with Gasteiger partial charge in [-0.3, -0.25) is 14.3 Å². The van der Waals surface area contributed by atoms with Crippen molar-refractivity contribution < 1.29 is 14.3 Å². The third-order valence-corrected chi connectivity index (χ3v) is 9.28. The fourth-order valence-corrected chi connectivity index (χ4v) is 6.66. The number of H-pyrrole nitrogens is 1. The fraction of sp³-hybridized carbons (Fsp3) is 0.520. The maximum Gasteiger partial charge on any atom is 0.315 e. The first kappa shape index (κ1) is 24.2. The summed E-state index contributed by atoms with van der Waals surface area (Å²) in [6.45, 7) is 8.28. The maximum absolute atomic E-state index is 13.1. The summed E-state index contributed by atoms with van der Waals surface area (Å²) >= 11 is 0. The third-order valence-electron chi connectivity index (χ3n) is 7.00. The second kappa shape index (κ2) is 9.73. The molecule has 1 saturated heterocycles. The van der Waals surface area contributed by atoms with E-state index in [1.54, 1.807) is 24.0 Å². The highest BCUT2D eigenvalue weighted by atomic mass is 28.3. The van der Waals surface area contributed by atoms with E-state index in [0.29, 0.717) is 18.2 Å². The molecule has 0 bridgehead atoms. The number of nitrogens with zero attached hydrogens (tertiary/aromatic N) is 3. The molecule has 0 aliphatic carbocycles. The summed E-state index contributed by atoms with van der Waals surface area (Å²) in [6.07, 6.45) is 3.79. The number of benzene rings is 1. The molecule has 0 saturated carbocycles. The van der Waals surface area contributed by atoms with Crippen LogP contribution in [-0.2, 0) is 22.0 Å². The Bertz CT molecular complexity index is 1180. The van der Waals surface area contributed by atoms with Crippen molar-refractivity contribution in [1.29, 1.82) is 0 Å². The summed E-state index contributed by atoms with van der Waals surface area (Å²) in [6, 6.07) is 9.82. The van der Waals surface area contributed by atoms with Crippen LogP contribution in [0, 0.1) is 5.92 Å². The zero-order valence-corrected chi connectivity index (χ0v) is 21.6. The molecule has 1 atom stereocenters. The molecular formula is C25H34N5O3Si. The van der Waals surface area contributed by atoms with Crippen LogP contribution in [-0.4, -0.2) is 47.0 Å². The number of aryl methyl sites for hydroxylation is 1. The average molecular weight is 481 g/mol. The lowest BCUT2D eigenvalue weighted by Crippen LogP contribution is -2.37. The van der Waals surface area contributed by atoms with Crippen molar-refractivity contribution in [2.75, 3.05) is 6.61 Å². The van der Waals surface area contributed by atoms with E-state index in [4.69, 9.17) is 9.72 Å². The molecule has 8 nitrogen and oxygen atoms in total. The van der Waals surface area contributed by atoms with Crippen molar-refractivity contribution in [2.45, 2.75) is 63.7 Å². The van der Waals surface area contributed by atoms with Crippen LogP contribution >= 0.6 is 0 Å². The number of nitrogens with one attached hydrogen (secondary N) is 2. The van der Waals surface area contributed by atoms with Gasteiger partial charge in [-0.1, -0.05) is 37.5 Å². The highest BCUT2D eigenvalue weighted by Gasteiger charge is 2.34. The van der Waals surface area contributed by atoms with Gasteiger partial charge in [0.1, 0.15) is 11.5 Å². The highest BCUT2D eigenvalue weighted by molar-refractivity contribution is 6.57. The van der Waals surface area contributed by atoms with Crippen LogP contribution in [0.1, 0.15) is 61.5 Å². The van der Waals surface area contributed by atoms with Crippen molar-refractivity contribution in [3.63, 3.8) is 0 Å². The number of imidazole rings is 1. The first-order valence-electron chi connectivity index (χ1n) is 12.0. The standard InChI is InChI=1S/C25H34N5O3Si/c1-6-33-24(32)25(2,3)17-7-8-18-19(15-17)28-22(27-18)21(16-10-13-34(5)14-11-16)29-23(31)20-9-12-26-30(20)4/h7-9,12,15-16,21H,6,10-11,13-14H2,1-5H3,(H,27,28)(H,29,31)/t21-/m0/s1. The van der Waals surface area contributed by atoms with Crippen LogP contribution in [0.2, 0.25) is 18.6 Å².